The van der Waals surface area contributed by atoms with Crippen LogP contribution in [-0.2, 0) is 0 Å². The molecule has 0 radical (unpaired) electrons. The normalized spacial score (nSPS) is 21.3. The third kappa shape index (κ3) is 3.03. The molecule has 0 aliphatic carbocycles. The van der Waals surface area contributed by atoms with Crippen molar-refractivity contribution in [1.82, 2.24) is 5.32 Å². The molecule has 3 nitrogen and oxygen atoms in total. The minimum atomic E-state index is 0.0827. The molecule has 1 saturated heterocycles. The Labute approximate surface area is 110 Å². The van der Waals surface area contributed by atoms with Crippen molar-refractivity contribution in [3.05, 3.63) is 29.3 Å². The van der Waals surface area contributed by atoms with Crippen LogP contribution in [0.4, 0.5) is 0 Å². The standard InChI is InChI=1S/C15H24N2O/c1-10(2)18-14-7-6-12(9-11(14)3)15(16)13-5-4-8-17-13/h6-7,9-10,13,15,17H,4-5,8,16H2,1-3H3. The molecule has 3 heteroatoms. The van der Waals surface area contributed by atoms with Crippen LogP contribution in [0.3, 0.4) is 0 Å². The second-order valence-corrected chi connectivity index (χ2v) is 5.42. The lowest BCUT2D eigenvalue weighted by atomic mass is 9.97. The molecule has 0 spiro atoms. The largest absolute Gasteiger partial charge is 0.491 e. The van der Waals surface area contributed by atoms with Gasteiger partial charge in [-0.3, -0.25) is 0 Å². The number of nitrogens with one attached hydrogen (secondary N) is 1. The van der Waals surface area contributed by atoms with E-state index in [1.54, 1.807) is 0 Å². The fourth-order valence-electron chi connectivity index (χ4n) is 2.52. The van der Waals surface area contributed by atoms with Crippen LogP contribution < -0.4 is 15.8 Å². The Balaban J connectivity index is 2.12. The van der Waals surface area contributed by atoms with E-state index >= 15 is 0 Å². The molecule has 1 aliphatic rings. The smallest absolute Gasteiger partial charge is 0.122 e. The van der Waals surface area contributed by atoms with Gasteiger partial charge in [0.15, 0.2) is 0 Å². The molecule has 0 amide bonds. The lowest BCUT2D eigenvalue weighted by molar-refractivity contribution is 0.240. The molecule has 2 unspecified atom stereocenters. The third-order valence-electron chi connectivity index (χ3n) is 3.48. The van der Waals surface area contributed by atoms with Crippen molar-refractivity contribution in [2.75, 3.05) is 6.54 Å². The highest BCUT2D eigenvalue weighted by Crippen LogP contribution is 2.26. The summed E-state index contributed by atoms with van der Waals surface area (Å²) < 4.78 is 5.75. The van der Waals surface area contributed by atoms with Crippen molar-refractivity contribution in [2.45, 2.75) is 51.8 Å². The number of rotatable bonds is 4. The summed E-state index contributed by atoms with van der Waals surface area (Å²) in [5.74, 6) is 0.959. The summed E-state index contributed by atoms with van der Waals surface area (Å²) in [6, 6.07) is 6.79. The number of ether oxygens (including phenoxy) is 1. The van der Waals surface area contributed by atoms with Crippen LogP contribution in [0.2, 0.25) is 0 Å². The van der Waals surface area contributed by atoms with E-state index in [1.165, 1.54) is 18.4 Å². The van der Waals surface area contributed by atoms with Gasteiger partial charge in [-0.2, -0.15) is 0 Å². The van der Waals surface area contributed by atoms with E-state index in [1.807, 2.05) is 19.9 Å². The van der Waals surface area contributed by atoms with E-state index in [-0.39, 0.29) is 12.1 Å². The van der Waals surface area contributed by atoms with Crippen LogP contribution >= 0.6 is 0 Å². The van der Waals surface area contributed by atoms with E-state index in [0.717, 1.165) is 17.9 Å². The summed E-state index contributed by atoms with van der Waals surface area (Å²) in [5.41, 5.74) is 8.68. The van der Waals surface area contributed by atoms with Crippen molar-refractivity contribution in [3.63, 3.8) is 0 Å². The summed E-state index contributed by atoms with van der Waals surface area (Å²) in [6.45, 7) is 7.25. The van der Waals surface area contributed by atoms with Gasteiger partial charge in [-0.15, -0.1) is 0 Å². The van der Waals surface area contributed by atoms with Crippen LogP contribution in [0.15, 0.2) is 18.2 Å². The summed E-state index contributed by atoms with van der Waals surface area (Å²) >= 11 is 0. The zero-order valence-electron chi connectivity index (χ0n) is 11.6. The van der Waals surface area contributed by atoms with E-state index < -0.39 is 0 Å². The van der Waals surface area contributed by atoms with Crippen LogP contribution in [0.1, 0.15) is 43.9 Å². The van der Waals surface area contributed by atoms with Gasteiger partial charge in [0.05, 0.1) is 6.10 Å². The molecule has 2 rings (SSSR count). The number of nitrogens with two attached hydrogens (primary N) is 1. The van der Waals surface area contributed by atoms with Crippen LogP contribution in [0.25, 0.3) is 0 Å². The van der Waals surface area contributed by atoms with Gasteiger partial charge in [-0.25, -0.2) is 0 Å². The van der Waals surface area contributed by atoms with Crippen molar-refractivity contribution in [2.24, 2.45) is 5.73 Å². The number of aryl methyl sites for hydroxylation is 1. The van der Waals surface area contributed by atoms with E-state index in [2.05, 4.69) is 24.4 Å². The maximum absolute atomic E-state index is 6.32. The summed E-state index contributed by atoms with van der Waals surface area (Å²) in [7, 11) is 0. The molecule has 2 atom stereocenters. The first-order chi connectivity index (χ1) is 8.58. The van der Waals surface area contributed by atoms with Gasteiger partial charge in [0.1, 0.15) is 5.75 Å². The van der Waals surface area contributed by atoms with Crippen molar-refractivity contribution < 1.29 is 4.74 Å². The molecule has 1 aliphatic heterocycles. The Kier molecular flexibility index (Phi) is 4.25. The number of hydrogen-bond donors (Lipinski definition) is 2. The molecule has 100 valence electrons. The molecule has 3 N–H and O–H groups in total. The van der Waals surface area contributed by atoms with Crippen molar-refractivity contribution >= 4 is 0 Å². The highest BCUT2D eigenvalue weighted by Gasteiger charge is 2.22. The van der Waals surface area contributed by atoms with Crippen LogP contribution in [0, 0.1) is 6.92 Å². The zero-order valence-corrected chi connectivity index (χ0v) is 11.6. The second-order valence-electron chi connectivity index (χ2n) is 5.42. The van der Waals surface area contributed by atoms with Crippen molar-refractivity contribution in [3.8, 4) is 5.75 Å². The summed E-state index contributed by atoms with van der Waals surface area (Å²) in [4.78, 5) is 0. The average Bonchev–Trinajstić information content (AvgIpc) is 2.84. The van der Waals surface area contributed by atoms with E-state index in [4.69, 9.17) is 10.5 Å². The average molecular weight is 248 g/mol. The third-order valence-corrected chi connectivity index (χ3v) is 3.48. The molecule has 1 heterocycles. The van der Waals surface area contributed by atoms with Crippen LogP contribution in [-0.4, -0.2) is 18.7 Å². The Hall–Kier alpha value is -1.06. The minimum absolute atomic E-state index is 0.0827. The van der Waals surface area contributed by atoms with Gasteiger partial charge in [0, 0.05) is 12.1 Å². The molecule has 0 saturated carbocycles. The highest BCUT2D eigenvalue weighted by atomic mass is 16.5. The number of benzene rings is 1. The monoisotopic (exact) mass is 248 g/mol. The molecule has 18 heavy (non-hydrogen) atoms. The van der Waals surface area contributed by atoms with Crippen molar-refractivity contribution in [1.29, 1.82) is 0 Å². The van der Waals surface area contributed by atoms with Crippen LogP contribution in [0.5, 0.6) is 5.75 Å². The minimum Gasteiger partial charge on any atom is -0.491 e. The Bertz CT molecular complexity index is 397. The molecule has 1 fully saturated rings. The predicted molar refractivity (Wildman–Crippen MR) is 74.9 cm³/mol. The fraction of sp³-hybridized carbons (Fsp3) is 0.600. The zero-order chi connectivity index (χ0) is 13.1. The van der Waals surface area contributed by atoms with Gasteiger partial charge in [-0.1, -0.05) is 12.1 Å². The molecule has 0 bridgehead atoms. The van der Waals surface area contributed by atoms with E-state index in [0.29, 0.717) is 6.04 Å². The Morgan fingerprint density at radius 2 is 2.17 bits per heavy atom. The quantitative estimate of drug-likeness (QED) is 0.861. The van der Waals surface area contributed by atoms with Gasteiger partial charge in [-0.05, 0) is 57.4 Å². The van der Waals surface area contributed by atoms with E-state index in [9.17, 15) is 0 Å². The number of hydrogen-bond acceptors (Lipinski definition) is 3. The maximum atomic E-state index is 6.32. The highest BCUT2D eigenvalue weighted by molar-refractivity contribution is 5.38. The first-order valence-electron chi connectivity index (χ1n) is 6.84. The maximum Gasteiger partial charge on any atom is 0.122 e. The molecule has 1 aromatic rings. The fourth-order valence-corrected chi connectivity index (χ4v) is 2.52. The lowest BCUT2D eigenvalue weighted by Gasteiger charge is -2.21. The summed E-state index contributed by atoms with van der Waals surface area (Å²) in [5, 5.41) is 3.46. The molecular weight excluding hydrogens is 224 g/mol. The molecule has 1 aromatic carbocycles. The molecule has 0 aromatic heterocycles. The second kappa shape index (κ2) is 5.72. The lowest BCUT2D eigenvalue weighted by Crippen LogP contribution is -2.34. The van der Waals surface area contributed by atoms with Gasteiger partial charge in [0.2, 0.25) is 0 Å². The Morgan fingerprint density at radius 1 is 1.39 bits per heavy atom. The SMILES string of the molecule is Cc1cc(C(N)C2CCCN2)ccc1OC(C)C. The van der Waals surface area contributed by atoms with Gasteiger partial charge < -0.3 is 15.8 Å². The first kappa shape index (κ1) is 13.4. The topological polar surface area (TPSA) is 47.3 Å². The van der Waals surface area contributed by atoms with Gasteiger partial charge in [0.25, 0.3) is 0 Å². The molecular formula is C15H24N2O. The Morgan fingerprint density at radius 3 is 2.72 bits per heavy atom. The predicted octanol–water partition coefficient (Wildman–Crippen LogP) is 2.53. The summed E-state index contributed by atoms with van der Waals surface area (Å²) in [6.07, 6.45) is 2.61. The van der Waals surface area contributed by atoms with Gasteiger partial charge >= 0.3 is 0 Å². The first-order valence-corrected chi connectivity index (χ1v) is 6.84.